The van der Waals surface area contributed by atoms with Crippen molar-refractivity contribution in [2.24, 2.45) is 0 Å². The summed E-state index contributed by atoms with van der Waals surface area (Å²) < 4.78 is 0. The van der Waals surface area contributed by atoms with Crippen LogP contribution in [-0.4, -0.2) is 64.8 Å². The number of aromatic nitrogens is 2. The SMILES string of the molecule is Cc1[nH]c(/C=C2\C(=O)Nc3ccncc32)c(C)c1C(=O)N1CCN(C)CC1. The first-order valence-electron chi connectivity index (χ1n) is 9.10. The Morgan fingerprint density at radius 3 is 2.70 bits per heavy atom. The highest BCUT2D eigenvalue weighted by molar-refractivity contribution is 6.34. The van der Waals surface area contributed by atoms with Crippen LogP contribution in [0.25, 0.3) is 11.6 Å². The van der Waals surface area contributed by atoms with Gasteiger partial charge in [0.25, 0.3) is 11.8 Å². The number of pyridine rings is 1. The first-order chi connectivity index (χ1) is 13.0. The van der Waals surface area contributed by atoms with Gasteiger partial charge in [-0.3, -0.25) is 14.6 Å². The Hall–Kier alpha value is -2.93. The number of likely N-dealkylation sites (N-methyl/N-ethyl adjacent to an activating group) is 1. The lowest BCUT2D eigenvalue weighted by molar-refractivity contribution is -0.110. The van der Waals surface area contributed by atoms with E-state index in [1.54, 1.807) is 18.5 Å². The molecule has 2 aliphatic rings. The van der Waals surface area contributed by atoms with Crippen molar-refractivity contribution in [3.63, 3.8) is 0 Å². The van der Waals surface area contributed by atoms with E-state index in [0.29, 0.717) is 11.1 Å². The lowest BCUT2D eigenvalue weighted by Gasteiger charge is -2.32. The maximum atomic E-state index is 13.0. The number of carbonyl (C=O) groups excluding carboxylic acids is 2. The van der Waals surface area contributed by atoms with Gasteiger partial charge in [-0.2, -0.15) is 0 Å². The van der Waals surface area contributed by atoms with Gasteiger partial charge >= 0.3 is 0 Å². The number of carbonyl (C=O) groups is 2. The van der Waals surface area contributed by atoms with Crippen LogP contribution < -0.4 is 5.32 Å². The number of aromatic amines is 1. The Bertz CT molecular complexity index is 951. The largest absolute Gasteiger partial charge is 0.358 e. The fraction of sp³-hybridized carbons (Fsp3) is 0.350. The molecule has 0 atom stereocenters. The minimum Gasteiger partial charge on any atom is -0.358 e. The number of rotatable bonds is 2. The summed E-state index contributed by atoms with van der Waals surface area (Å²) in [6, 6.07) is 1.78. The second-order valence-corrected chi connectivity index (χ2v) is 7.19. The van der Waals surface area contributed by atoms with Crippen LogP contribution in [-0.2, 0) is 4.79 Å². The number of fused-ring (bicyclic) bond motifs is 1. The molecular formula is C20H23N5O2. The minimum atomic E-state index is -0.156. The van der Waals surface area contributed by atoms with Crippen molar-refractivity contribution in [2.75, 3.05) is 38.5 Å². The highest BCUT2D eigenvalue weighted by Crippen LogP contribution is 2.33. The zero-order valence-electron chi connectivity index (χ0n) is 15.8. The predicted octanol–water partition coefficient (Wildman–Crippen LogP) is 1.91. The zero-order chi connectivity index (χ0) is 19.1. The Morgan fingerprint density at radius 1 is 1.22 bits per heavy atom. The van der Waals surface area contributed by atoms with Gasteiger partial charge in [0, 0.05) is 55.5 Å². The normalized spacial score (nSPS) is 18.7. The Labute approximate surface area is 158 Å². The molecule has 0 bridgehead atoms. The molecule has 27 heavy (non-hydrogen) atoms. The second kappa shape index (κ2) is 6.66. The number of aryl methyl sites for hydroxylation is 1. The van der Waals surface area contributed by atoms with Gasteiger partial charge in [0.15, 0.2) is 0 Å². The van der Waals surface area contributed by atoms with Crippen molar-refractivity contribution in [1.29, 1.82) is 0 Å². The van der Waals surface area contributed by atoms with Crippen LogP contribution >= 0.6 is 0 Å². The number of nitrogens with one attached hydrogen (secondary N) is 2. The molecule has 2 aliphatic heterocycles. The fourth-order valence-corrected chi connectivity index (χ4v) is 3.72. The molecule has 0 spiro atoms. The van der Waals surface area contributed by atoms with Crippen LogP contribution in [0.15, 0.2) is 18.5 Å². The molecule has 7 nitrogen and oxygen atoms in total. The topological polar surface area (TPSA) is 81.3 Å². The molecule has 2 aromatic rings. The van der Waals surface area contributed by atoms with E-state index < -0.39 is 0 Å². The molecule has 2 amide bonds. The smallest absolute Gasteiger partial charge is 0.256 e. The average molecular weight is 365 g/mol. The third-order valence-electron chi connectivity index (χ3n) is 5.37. The second-order valence-electron chi connectivity index (χ2n) is 7.19. The predicted molar refractivity (Wildman–Crippen MR) is 104 cm³/mol. The molecule has 4 heterocycles. The molecular weight excluding hydrogens is 342 g/mol. The summed E-state index contributed by atoms with van der Waals surface area (Å²) in [4.78, 5) is 36.9. The number of hydrogen-bond donors (Lipinski definition) is 2. The Balaban J connectivity index is 1.68. The summed E-state index contributed by atoms with van der Waals surface area (Å²) in [5.41, 5.74) is 5.28. The van der Waals surface area contributed by atoms with Crippen molar-refractivity contribution in [3.05, 3.63) is 46.5 Å². The van der Waals surface area contributed by atoms with Crippen LogP contribution in [0.4, 0.5) is 5.69 Å². The number of amides is 2. The van der Waals surface area contributed by atoms with Gasteiger partial charge in [0.05, 0.1) is 16.8 Å². The molecule has 0 aliphatic carbocycles. The van der Waals surface area contributed by atoms with Gasteiger partial charge < -0.3 is 20.1 Å². The van der Waals surface area contributed by atoms with Crippen LogP contribution in [0.1, 0.15) is 32.9 Å². The number of nitrogens with zero attached hydrogens (tertiary/aromatic N) is 3. The van der Waals surface area contributed by atoms with E-state index in [-0.39, 0.29) is 11.8 Å². The fourth-order valence-electron chi connectivity index (χ4n) is 3.72. The van der Waals surface area contributed by atoms with Gasteiger partial charge in [-0.05, 0) is 38.6 Å². The maximum Gasteiger partial charge on any atom is 0.256 e. The van der Waals surface area contributed by atoms with Gasteiger partial charge in [-0.1, -0.05) is 0 Å². The third kappa shape index (κ3) is 3.04. The van der Waals surface area contributed by atoms with E-state index in [9.17, 15) is 9.59 Å². The zero-order valence-corrected chi connectivity index (χ0v) is 15.8. The van der Waals surface area contributed by atoms with E-state index in [0.717, 1.165) is 54.4 Å². The van der Waals surface area contributed by atoms with Crippen molar-refractivity contribution in [2.45, 2.75) is 13.8 Å². The van der Waals surface area contributed by atoms with E-state index >= 15 is 0 Å². The van der Waals surface area contributed by atoms with Gasteiger partial charge in [-0.15, -0.1) is 0 Å². The van der Waals surface area contributed by atoms with Crippen molar-refractivity contribution < 1.29 is 9.59 Å². The first-order valence-corrected chi connectivity index (χ1v) is 9.10. The summed E-state index contributed by atoms with van der Waals surface area (Å²) in [6.45, 7) is 7.07. The molecule has 0 radical (unpaired) electrons. The maximum absolute atomic E-state index is 13.0. The molecule has 0 unspecified atom stereocenters. The average Bonchev–Trinajstić information content (AvgIpc) is 3.11. The molecule has 0 aromatic carbocycles. The molecule has 7 heteroatoms. The van der Waals surface area contributed by atoms with E-state index in [2.05, 4.69) is 27.2 Å². The highest BCUT2D eigenvalue weighted by atomic mass is 16.2. The van der Waals surface area contributed by atoms with E-state index in [4.69, 9.17) is 0 Å². The third-order valence-corrected chi connectivity index (χ3v) is 5.37. The number of anilines is 1. The molecule has 1 saturated heterocycles. The first kappa shape index (κ1) is 17.5. The summed E-state index contributed by atoms with van der Waals surface area (Å²) in [5, 5.41) is 2.85. The molecule has 4 rings (SSSR count). The standard InChI is InChI=1S/C20H23N5O2/c1-12-17(10-14-15-11-21-5-4-16(15)23-19(14)26)22-13(2)18(12)20(27)25-8-6-24(3)7-9-25/h4-5,10-11,22H,6-9H2,1-3H3,(H,23,26)/b14-10-. The Kier molecular flexibility index (Phi) is 4.31. The van der Waals surface area contributed by atoms with Gasteiger partial charge in [-0.25, -0.2) is 0 Å². The summed E-state index contributed by atoms with van der Waals surface area (Å²) in [7, 11) is 2.07. The molecule has 1 fully saturated rings. The lowest BCUT2D eigenvalue weighted by Crippen LogP contribution is -2.47. The Morgan fingerprint density at radius 2 is 1.96 bits per heavy atom. The molecule has 140 valence electrons. The summed E-state index contributed by atoms with van der Waals surface area (Å²) >= 11 is 0. The highest BCUT2D eigenvalue weighted by Gasteiger charge is 2.27. The van der Waals surface area contributed by atoms with E-state index in [1.807, 2.05) is 24.8 Å². The van der Waals surface area contributed by atoms with Gasteiger partial charge in [0.1, 0.15) is 0 Å². The van der Waals surface area contributed by atoms with Gasteiger partial charge in [0.2, 0.25) is 0 Å². The van der Waals surface area contributed by atoms with Crippen LogP contribution in [0.3, 0.4) is 0 Å². The molecule has 0 saturated carbocycles. The molecule has 2 aromatic heterocycles. The van der Waals surface area contributed by atoms with Crippen LogP contribution in [0, 0.1) is 13.8 Å². The monoisotopic (exact) mass is 365 g/mol. The number of piperazine rings is 1. The van der Waals surface area contributed by atoms with Crippen molar-refractivity contribution >= 4 is 29.2 Å². The number of H-pyrrole nitrogens is 1. The van der Waals surface area contributed by atoms with E-state index in [1.165, 1.54) is 0 Å². The lowest BCUT2D eigenvalue weighted by atomic mass is 10.0. The quantitative estimate of drug-likeness (QED) is 0.797. The summed E-state index contributed by atoms with van der Waals surface area (Å²) in [6.07, 6.45) is 5.14. The van der Waals surface area contributed by atoms with Crippen LogP contribution in [0.5, 0.6) is 0 Å². The molecule has 2 N–H and O–H groups in total. The summed E-state index contributed by atoms with van der Waals surface area (Å²) in [5.74, 6) is -0.103. The van der Waals surface area contributed by atoms with Crippen molar-refractivity contribution in [1.82, 2.24) is 19.8 Å². The number of hydrogen-bond acceptors (Lipinski definition) is 4. The van der Waals surface area contributed by atoms with Crippen molar-refractivity contribution in [3.8, 4) is 0 Å². The van der Waals surface area contributed by atoms with Crippen LogP contribution in [0.2, 0.25) is 0 Å². The minimum absolute atomic E-state index is 0.0527.